The number of hydrogen-bond acceptors (Lipinski definition) is 4. The van der Waals surface area contributed by atoms with Crippen LogP contribution in [0.2, 0.25) is 0 Å². The lowest BCUT2D eigenvalue weighted by atomic mass is 10.1. The molecule has 0 radical (unpaired) electrons. The van der Waals surface area contributed by atoms with E-state index in [-0.39, 0.29) is 24.3 Å². The van der Waals surface area contributed by atoms with Crippen LogP contribution in [0.4, 0.5) is 0 Å². The fourth-order valence-corrected chi connectivity index (χ4v) is 1.19. The van der Waals surface area contributed by atoms with Gasteiger partial charge in [-0.2, -0.15) is 0 Å². The number of aromatic carboxylic acids is 1. The number of esters is 1. The Bertz CT molecular complexity index is 411. The van der Waals surface area contributed by atoms with Crippen LogP contribution in [0.1, 0.15) is 26.3 Å². The van der Waals surface area contributed by atoms with Crippen LogP contribution in [0, 0.1) is 6.92 Å². The summed E-state index contributed by atoms with van der Waals surface area (Å²) in [4.78, 5) is 22.2. The van der Waals surface area contributed by atoms with Gasteiger partial charge in [0.25, 0.3) is 0 Å². The quantitative estimate of drug-likeness (QED) is 0.740. The Labute approximate surface area is 92.3 Å². The molecule has 0 atom stereocenters. The third-order valence-corrected chi connectivity index (χ3v) is 2.03. The van der Waals surface area contributed by atoms with Gasteiger partial charge in [0.1, 0.15) is 6.61 Å². The van der Waals surface area contributed by atoms with Crippen LogP contribution in [0.5, 0.6) is 0 Å². The highest BCUT2D eigenvalue weighted by Gasteiger charge is 2.13. The third-order valence-electron chi connectivity index (χ3n) is 2.03. The van der Waals surface area contributed by atoms with E-state index < -0.39 is 11.9 Å². The molecular weight excluding hydrogens is 212 g/mol. The van der Waals surface area contributed by atoms with Gasteiger partial charge in [-0.15, -0.1) is 0 Å². The second kappa shape index (κ2) is 5.27. The Morgan fingerprint density at radius 3 is 2.62 bits per heavy atom. The van der Waals surface area contributed by atoms with Crippen molar-refractivity contribution < 1.29 is 24.5 Å². The Kier molecular flexibility index (Phi) is 4.02. The van der Waals surface area contributed by atoms with Crippen molar-refractivity contribution in [1.82, 2.24) is 0 Å². The first-order chi connectivity index (χ1) is 7.56. The fraction of sp³-hybridized carbons (Fsp3) is 0.273. The van der Waals surface area contributed by atoms with E-state index in [4.69, 9.17) is 14.9 Å². The number of carbonyl (C=O) groups excluding carboxylic acids is 1. The van der Waals surface area contributed by atoms with Crippen molar-refractivity contribution in [1.29, 1.82) is 0 Å². The van der Waals surface area contributed by atoms with E-state index in [1.807, 2.05) is 0 Å². The molecule has 2 N–H and O–H groups in total. The molecule has 0 aliphatic rings. The van der Waals surface area contributed by atoms with Crippen molar-refractivity contribution in [2.24, 2.45) is 0 Å². The average molecular weight is 224 g/mol. The van der Waals surface area contributed by atoms with Crippen LogP contribution in [0.3, 0.4) is 0 Å². The number of rotatable bonds is 4. The zero-order valence-electron chi connectivity index (χ0n) is 8.77. The van der Waals surface area contributed by atoms with E-state index in [0.717, 1.165) is 0 Å². The van der Waals surface area contributed by atoms with Gasteiger partial charge in [-0.3, -0.25) is 0 Å². The zero-order valence-corrected chi connectivity index (χ0v) is 8.77. The Morgan fingerprint density at radius 1 is 1.38 bits per heavy atom. The maximum Gasteiger partial charge on any atom is 0.338 e. The fourth-order valence-electron chi connectivity index (χ4n) is 1.19. The molecule has 0 saturated carbocycles. The lowest BCUT2D eigenvalue weighted by molar-refractivity contribution is 0.0433. The molecular formula is C11H12O5. The van der Waals surface area contributed by atoms with E-state index in [0.29, 0.717) is 5.56 Å². The minimum Gasteiger partial charge on any atom is -0.478 e. The average Bonchev–Trinajstić information content (AvgIpc) is 2.26. The molecule has 1 rings (SSSR count). The van der Waals surface area contributed by atoms with E-state index >= 15 is 0 Å². The first-order valence-electron chi connectivity index (χ1n) is 4.68. The van der Waals surface area contributed by atoms with Crippen molar-refractivity contribution in [3.63, 3.8) is 0 Å². The van der Waals surface area contributed by atoms with Crippen LogP contribution in [0.15, 0.2) is 18.2 Å². The summed E-state index contributed by atoms with van der Waals surface area (Å²) >= 11 is 0. The molecule has 0 saturated heterocycles. The lowest BCUT2D eigenvalue weighted by Crippen LogP contribution is -2.11. The van der Waals surface area contributed by atoms with Gasteiger partial charge in [-0.1, -0.05) is 6.07 Å². The minimum atomic E-state index is -1.10. The lowest BCUT2D eigenvalue weighted by Gasteiger charge is -2.06. The van der Waals surface area contributed by atoms with Crippen LogP contribution in [-0.4, -0.2) is 35.4 Å². The maximum absolute atomic E-state index is 11.5. The number of hydrogen-bond donors (Lipinski definition) is 2. The highest BCUT2D eigenvalue weighted by atomic mass is 16.5. The number of aliphatic hydroxyl groups excluding tert-OH is 1. The van der Waals surface area contributed by atoms with E-state index in [1.54, 1.807) is 13.0 Å². The highest BCUT2D eigenvalue weighted by Crippen LogP contribution is 2.12. The number of aryl methyl sites for hydroxylation is 1. The largest absolute Gasteiger partial charge is 0.478 e. The molecule has 0 spiro atoms. The van der Waals surface area contributed by atoms with Crippen molar-refractivity contribution in [2.75, 3.05) is 13.2 Å². The first kappa shape index (κ1) is 12.2. The molecule has 0 fully saturated rings. The number of carbonyl (C=O) groups is 2. The molecule has 0 heterocycles. The predicted molar refractivity (Wildman–Crippen MR) is 55.5 cm³/mol. The van der Waals surface area contributed by atoms with Crippen molar-refractivity contribution in [2.45, 2.75) is 6.92 Å². The summed E-state index contributed by atoms with van der Waals surface area (Å²) in [5.74, 6) is -1.73. The van der Waals surface area contributed by atoms with Crippen LogP contribution >= 0.6 is 0 Å². The Morgan fingerprint density at radius 2 is 2.06 bits per heavy atom. The number of ether oxygens (including phenoxy) is 1. The van der Waals surface area contributed by atoms with E-state index in [9.17, 15) is 9.59 Å². The van der Waals surface area contributed by atoms with Gasteiger partial charge in [0.05, 0.1) is 17.7 Å². The monoisotopic (exact) mass is 224 g/mol. The summed E-state index contributed by atoms with van der Waals surface area (Å²) in [5.41, 5.74) is 0.864. The van der Waals surface area contributed by atoms with Gasteiger partial charge in [0, 0.05) is 0 Å². The normalized spacial score (nSPS) is 9.88. The molecule has 86 valence electrons. The third kappa shape index (κ3) is 2.80. The number of carboxylic acids is 1. The minimum absolute atomic E-state index is 0.0292. The molecule has 0 aromatic heterocycles. The Hall–Kier alpha value is -1.88. The number of benzene rings is 1. The van der Waals surface area contributed by atoms with Crippen LogP contribution in [-0.2, 0) is 4.74 Å². The van der Waals surface area contributed by atoms with Crippen molar-refractivity contribution in [3.8, 4) is 0 Å². The van der Waals surface area contributed by atoms with E-state index in [2.05, 4.69) is 0 Å². The molecule has 0 aliphatic carbocycles. The maximum atomic E-state index is 11.5. The molecule has 0 bridgehead atoms. The molecule has 0 amide bonds. The van der Waals surface area contributed by atoms with Gasteiger partial charge < -0.3 is 14.9 Å². The summed E-state index contributed by atoms with van der Waals surface area (Å²) < 4.78 is 4.71. The molecule has 5 heteroatoms. The van der Waals surface area contributed by atoms with Gasteiger partial charge in [0.2, 0.25) is 0 Å². The molecule has 1 aromatic rings. The summed E-state index contributed by atoms with van der Waals surface area (Å²) in [6.07, 6.45) is 0. The van der Waals surface area contributed by atoms with E-state index in [1.165, 1.54) is 12.1 Å². The standard InChI is InChI=1S/C11H12O5/c1-7-2-3-8(10(13)14)6-9(7)11(15)16-5-4-12/h2-3,6,12H,4-5H2,1H3,(H,13,14). The van der Waals surface area contributed by atoms with Gasteiger partial charge in [-0.05, 0) is 24.6 Å². The summed E-state index contributed by atoms with van der Waals surface area (Å²) in [5, 5.41) is 17.3. The summed E-state index contributed by atoms with van der Waals surface area (Å²) in [6, 6.07) is 4.22. The second-order valence-electron chi connectivity index (χ2n) is 3.19. The number of carboxylic acid groups (broad SMARTS) is 1. The zero-order chi connectivity index (χ0) is 12.1. The van der Waals surface area contributed by atoms with Gasteiger partial charge in [-0.25, -0.2) is 9.59 Å². The highest BCUT2D eigenvalue weighted by molar-refractivity contribution is 5.95. The topological polar surface area (TPSA) is 83.8 Å². The van der Waals surface area contributed by atoms with Gasteiger partial charge in [0.15, 0.2) is 0 Å². The predicted octanol–water partition coefficient (Wildman–Crippen LogP) is 0.842. The van der Waals surface area contributed by atoms with Crippen molar-refractivity contribution >= 4 is 11.9 Å². The first-order valence-corrected chi connectivity index (χ1v) is 4.68. The summed E-state index contributed by atoms with van der Waals surface area (Å²) in [6.45, 7) is 1.32. The number of aliphatic hydroxyl groups is 1. The smallest absolute Gasteiger partial charge is 0.338 e. The SMILES string of the molecule is Cc1ccc(C(=O)O)cc1C(=O)OCCO. The van der Waals surface area contributed by atoms with Crippen molar-refractivity contribution in [3.05, 3.63) is 34.9 Å². The molecule has 16 heavy (non-hydrogen) atoms. The van der Waals surface area contributed by atoms with Crippen LogP contribution in [0.25, 0.3) is 0 Å². The Balaban J connectivity index is 2.97. The van der Waals surface area contributed by atoms with Gasteiger partial charge >= 0.3 is 11.9 Å². The molecule has 5 nitrogen and oxygen atoms in total. The molecule has 0 aliphatic heterocycles. The second-order valence-corrected chi connectivity index (χ2v) is 3.19. The summed E-state index contributed by atoms with van der Waals surface area (Å²) in [7, 11) is 0. The van der Waals surface area contributed by atoms with Crippen LogP contribution < -0.4 is 0 Å². The molecule has 1 aromatic carbocycles. The molecule has 0 unspecified atom stereocenters.